The summed E-state index contributed by atoms with van der Waals surface area (Å²) in [7, 11) is 0. The third kappa shape index (κ3) is 5.23. The minimum Gasteiger partial charge on any atom is -0.378 e. The lowest BCUT2D eigenvalue weighted by atomic mass is 10.2. The molecule has 132 valence electrons. The topological polar surface area (TPSA) is 41.6 Å². The van der Waals surface area contributed by atoms with E-state index in [0.29, 0.717) is 0 Å². The average Bonchev–Trinajstić information content (AvgIpc) is 2.65. The normalized spacial score (nSPS) is 15.7. The Morgan fingerprint density at radius 1 is 1.12 bits per heavy atom. The molecule has 1 unspecified atom stereocenters. The number of hydrogen-bond donors (Lipinski definition) is 1. The van der Waals surface area contributed by atoms with E-state index in [1.54, 1.807) is 11.8 Å². The number of carbonyl (C=O) groups is 1. The molecular weight excluding hydrogens is 400 g/mol. The lowest BCUT2D eigenvalue weighted by Gasteiger charge is -2.28. The molecule has 4 nitrogen and oxygen atoms in total. The molecule has 1 fully saturated rings. The summed E-state index contributed by atoms with van der Waals surface area (Å²) < 4.78 is 6.41. The fourth-order valence-corrected chi connectivity index (χ4v) is 3.72. The lowest BCUT2D eigenvalue weighted by molar-refractivity contribution is -0.115. The molecule has 0 bridgehead atoms. The van der Waals surface area contributed by atoms with Crippen molar-refractivity contribution in [3.8, 4) is 0 Å². The van der Waals surface area contributed by atoms with Gasteiger partial charge < -0.3 is 15.0 Å². The minimum absolute atomic E-state index is 0.00652. The monoisotopic (exact) mass is 420 g/mol. The van der Waals surface area contributed by atoms with Crippen molar-refractivity contribution in [2.24, 2.45) is 0 Å². The summed E-state index contributed by atoms with van der Waals surface area (Å²) in [5.74, 6) is 0.00652. The molecule has 1 heterocycles. The number of halogens is 1. The van der Waals surface area contributed by atoms with Crippen molar-refractivity contribution in [3.63, 3.8) is 0 Å². The summed E-state index contributed by atoms with van der Waals surface area (Å²) in [6.45, 7) is 5.27. The third-order valence-electron chi connectivity index (χ3n) is 4.01. The summed E-state index contributed by atoms with van der Waals surface area (Å²) in [6, 6.07) is 16.0. The molecule has 1 aliphatic rings. The van der Waals surface area contributed by atoms with Gasteiger partial charge in [0.25, 0.3) is 0 Å². The van der Waals surface area contributed by atoms with Crippen molar-refractivity contribution in [2.75, 3.05) is 36.5 Å². The Hall–Kier alpha value is -1.50. The molecule has 0 aromatic heterocycles. The van der Waals surface area contributed by atoms with E-state index in [9.17, 15) is 4.79 Å². The van der Waals surface area contributed by atoms with Crippen molar-refractivity contribution in [3.05, 3.63) is 53.0 Å². The molecule has 2 aromatic carbocycles. The molecule has 0 spiro atoms. The smallest absolute Gasteiger partial charge is 0.237 e. The molecule has 1 aliphatic heterocycles. The molecule has 3 rings (SSSR count). The number of morpholine rings is 1. The fourth-order valence-electron chi connectivity index (χ4n) is 2.59. The largest absolute Gasteiger partial charge is 0.378 e. The Morgan fingerprint density at radius 2 is 1.76 bits per heavy atom. The van der Waals surface area contributed by atoms with Gasteiger partial charge in [-0.1, -0.05) is 15.9 Å². The molecule has 6 heteroatoms. The molecule has 2 aromatic rings. The number of ether oxygens (including phenoxy) is 1. The van der Waals surface area contributed by atoms with Crippen molar-refractivity contribution < 1.29 is 9.53 Å². The maximum atomic E-state index is 12.4. The molecule has 0 saturated carbocycles. The van der Waals surface area contributed by atoms with Gasteiger partial charge in [0.2, 0.25) is 5.91 Å². The SMILES string of the molecule is CC(Sc1ccc(Br)cc1)C(=O)Nc1ccc(N2CCOCC2)cc1. The van der Waals surface area contributed by atoms with Gasteiger partial charge >= 0.3 is 0 Å². The van der Waals surface area contributed by atoms with Crippen LogP contribution in [0.3, 0.4) is 0 Å². The predicted octanol–water partition coefficient (Wildman–Crippen LogP) is 4.41. The molecule has 1 N–H and O–H groups in total. The molecule has 1 saturated heterocycles. The van der Waals surface area contributed by atoms with Gasteiger partial charge in [-0.2, -0.15) is 0 Å². The highest BCUT2D eigenvalue weighted by Crippen LogP contribution is 2.26. The molecule has 25 heavy (non-hydrogen) atoms. The van der Waals surface area contributed by atoms with E-state index >= 15 is 0 Å². The Labute approximate surface area is 161 Å². The van der Waals surface area contributed by atoms with E-state index in [1.807, 2.05) is 55.5 Å². The second-order valence-corrected chi connectivity index (χ2v) is 8.18. The number of amides is 1. The van der Waals surface area contributed by atoms with Gasteiger partial charge in [-0.25, -0.2) is 0 Å². The maximum absolute atomic E-state index is 12.4. The first kappa shape index (κ1) is 18.3. The highest BCUT2D eigenvalue weighted by Gasteiger charge is 2.15. The highest BCUT2D eigenvalue weighted by atomic mass is 79.9. The van der Waals surface area contributed by atoms with Crippen LogP contribution in [0.1, 0.15) is 6.92 Å². The number of carbonyl (C=O) groups excluding carboxylic acids is 1. The quantitative estimate of drug-likeness (QED) is 0.727. The van der Waals surface area contributed by atoms with Crippen LogP contribution in [0.25, 0.3) is 0 Å². The van der Waals surface area contributed by atoms with Crippen LogP contribution >= 0.6 is 27.7 Å². The van der Waals surface area contributed by atoms with Gasteiger partial charge in [0, 0.05) is 33.8 Å². The molecule has 0 radical (unpaired) electrons. The van der Waals surface area contributed by atoms with E-state index in [0.717, 1.165) is 41.4 Å². The van der Waals surface area contributed by atoms with Crippen LogP contribution in [0, 0.1) is 0 Å². The number of rotatable bonds is 5. The van der Waals surface area contributed by atoms with Gasteiger partial charge in [0.05, 0.1) is 18.5 Å². The second-order valence-electron chi connectivity index (χ2n) is 5.85. The van der Waals surface area contributed by atoms with E-state index in [1.165, 1.54) is 5.69 Å². The van der Waals surface area contributed by atoms with Crippen LogP contribution in [0.4, 0.5) is 11.4 Å². The van der Waals surface area contributed by atoms with Crippen LogP contribution in [0.2, 0.25) is 0 Å². The summed E-state index contributed by atoms with van der Waals surface area (Å²) in [5, 5.41) is 2.82. The Morgan fingerprint density at radius 3 is 2.40 bits per heavy atom. The standard InChI is InChI=1S/C19H21BrN2O2S/c1-14(25-18-8-2-15(20)3-9-18)19(23)21-16-4-6-17(7-5-16)22-10-12-24-13-11-22/h2-9,14H,10-13H2,1H3,(H,21,23). The third-order valence-corrected chi connectivity index (χ3v) is 5.65. The van der Waals surface area contributed by atoms with Crippen molar-refractivity contribution >= 4 is 45.0 Å². The molecule has 1 atom stereocenters. The first-order chi connectivity index (χ1) is 12.1. The van der Waals surface area contributed by atoms with E-state index in [2.05, 4.69) is 26.1 Å². The van der Waals surface area contributed by atoms with Crippen molar-refractivity contribution in [1.82, 2.24) is 0 Å². The van der Waals surface area contributed by atoms with Gasteiger partial charge in [0.1, 0.15) is 0 Å². The molecule has 1 amide bonds. The Kier molecular flexibility index (Phi) is 6.39. The lowest BCUT2D eigenvalue weighted by Crippen LogP contribution is -2.36. The fraction of sp³-hybridized carbons (Fsp3) is 0.316. The zero-order valence-electron chi connectivity index (χ0n) is 14.1. The maximum Gasteiger partial charge on any atom is 0.237 e. The predicted molar refractivity (Wildman–Crippen MR) is 108 cm³/mol. The number of nitrogens with one attached hydrogen (secondary N) is 1. The second kappa shape index (κ2) is 8.74. The zero-order valence-corrected chi connectivity index (χ0v) is 16.5. The van der Waals surface area contributed by atoms with Crippen molar-refractivity contribution in [2.45, 2.75) is 17.1 Å². The van der Waals surface area contributed by atoms with Crippen molar-refractivity contribution in [1.29, 1.82) is 0 Å². The average molecular weight is 421 g/mol. The molecule has 0 aliphatic carbocycles. The number of nitrogens with zero attached hydrogens (tertiary/aromatic N) is 1. The number of hydrogen-bond acceptors (Lipinski definition) is 4. The first-order valence-electron chi connectivity index (χ1n) is 8.28. The summed E-state index contributed by atoms with van der Waals surface area (Å²) in [4.78, 5) is 15.8. The minimum atomic E-state index is -0.167. The summed E-state index contributed by atoms with van der Waals surface area (Å²) in [5.41, 5.74) is 1.99. The first-order valence-corrected chi connectivity index (χ1v) is 9.95. The highest BCUT2D eigenvalue weighted by molar-refractivity contribution is 9.10. The van der Waals surface area contributed by atoms with E-state index in [-0.39, 0.29) is 11.2 Å². The van der Waals surface area contributed by atoms with Crippen LogP contribution in [-0.2, 0) is 9.53 Å². The molecular formula is C19H21BrN2O2S. The van der Waals surface area contributed by atoms with Crippen LogP contribution in [-0.4, -0.2) is 37.5 Å². The summed E-state index contributed by atoms with van der Waals surface area (Å²) in [6.07, 6.45) is 0. The van der Waals surface area contributed by atoms with Crippen LogP contribution < -0.4 is 10.2 Å². The van der Waals surface area contributed by atoms with Gasteiger partial charge in [0.15, 0.2) is 0 Å². The van der Waals surface area contributed by atoms with Crippen LogP contribution in [0.15, 0.2) is 57.9 Å². The number of anilines is 2. The van der Waals surface area contributed by atoms with Crippen LogP contribution in [0.5, 0.6) is 0 Å². The van der Waals surface area contributed by atoms with Gasteiger partial charge in [-0.3, -0.25) is 4.79 Å². The van der Waals surface area contributed by atoms with Gasteiger partial charge in [-0.15, -0.1) is 11.8 Å². The van der Waals surface area contributed by atoms with Gasteiger partial charge in [-0.05, 0) is 55.5 Å². The number of thioether (sulfide) groups is 1. The Bertz CT molecular complexity index is 700. The number of benzene rings is 2. The Balaban J connectivity index is 1.55. The van der Waals surface area contributed by atoms with E-state index in [4.69, 9.17) is 4.74 Å². The zero-order chi connectivity index (χ0) is 17.6. The van der Waals surface area contributed by atoms with E-state index < -0.39 is 0 Å². The summed E-state index contributed by atoms with van der Waals surface area (Å²) >= 11 is 4.97.